The second kappa shape index (κ2) is 7.26. The van der Waals surface area contributed by atoms with Crippen LogP contribution in [0, 0.1) is 0 Å². The molecular weight excluding hydrogens is 234 g/mol. The molecule has 0 saturated heterocycles. The Morgan fingerprint density at radius 3 is 3.00 bits per heavy atom. The van der Waals surface area contributed by atoms with Crippen LogP contribution in [0.4, 0.5) is 5.82 Å². The molecule has 6 heteroatoms. The summed E-state index contributed by atoms with van der Waals surface area (Å²) < 4.78 is 5.38. The smallest absolute Gasteiger partial charge is 0.323 e. The predicted octanol–water partition coefficient (Wildman–Crippen LogP) is 1.34. The van der Waals surface area contributed by atoms with Crippen LogP contribution in [0.2, 0.25) is 0 Å². The van der Waals surface area contributed by atoms with Crippen molar-refractivity contribution in [2.75, 3.05) is 24.6 Å². The number of carboxylic acid groups (broad SMARTS) is 1. The zero-order valence-corrected chi connectivity index (χ0v) is 10.4. The number of rotatable bonds is 8. The average Bonchev–Trinajstić information content (AvgIpc) is 2.36. The molecule has 6 nitrogen and oxygen atoms in total. The molecule has 0 aliphatic rings. The first-order valence-corrected chi connectivity index (χ1v) is 5.69. The molecule has 98 valence electrons. The highest BCUT2D eigenvalue weighted by atomic mass is 16.5. The van der Waals surface area contributed by atoms with E-state index in [9.17, 15) is 4.79 Å². The lowest BCUT2D eigenvalue weighted by molar-refractivity contribution is -0.135. The van der Waals surface area contributed by atoms with Crippen molar-refractivity contribution >= 4 is 11.8 Å². The van der Waals surface area contributed by atoms with Crippen LogP contribution in [-0.4, -0.2) is 40.7 Å². The third-order valence-electron chi connectivity index (χ3n) is 2.08. The molecular formula is C12H17N3O3. The van der Waals surface area contributed by atoms with E-state index in [4.69, 9.17) is 9.84 Å². The van der Waals surface area contributed by atoms with Crippen LogP contribution in [0.3, 0.4) is 0 Å². The van der Waals surface area contributed by atoms with E-state index in [1.807, 2.05) is 6.92 Å². The maximum atomic E-state index is 10.8. The SMILES string of the molecule is C=CCN(CC(=O)O)c1cc(OCCC)ncn1. The van der Waals surface area contributed by atoms with Gasteiger partial charge in [0.1, 0.15) is 18.7 Å². The van der Waals surface area contributed by atoms with Crippen LogP contribution >= 0.6 is 0 Å². The number of aliphatic carboxylic acids is 1. The summed E-state index contributed by atoms with van der Waals surface area (Å²) in [4.78, 5) is 20.4. The maximum absolute atomic E-state index is 10.8. The minimum absolute atomic E-state index is 0.143. The second-order valence-electron chi connectivity index (χ2n) is 3.63. The van der Waals surface area contributed by atoms with Crippen LogP contribution in [0.5, 0.6) is 5.88 Å². The molecule has 0 unspecified atom stereocenters. The van der Waals surface area contributed by atoms with Gasteiger partial charge in [-0.3, -0.25) is 4.79 Å². The third-order valence-corrected chi connectivity index (χ3v) is 2.08. The lowest BCUT2D eigenvalue weighted by Gasteiger charge is -2.19. The monoisotopic (exact) mass is 251 g/mol. The Bertz CT molecular complexity index is 409. The molecule has 18 heavy (non-hydrogen) atoms. The molecule has 0 atom stereocenters. The standard InChI is InChI=1S/C12H17N3O3/c1-3-5-15(8-12(16)17)10-7-11(14-9-13-10)18-6-4-2/h3,7,9H,1,4-6,8H2,2H3,(H,16,17). The molecule has 0 amide bonds. The van der Waals surface area contributed by atoms with E-state index in [1.165, 1.54) is 6.33 Å². The van der Waals surface area contributed by atoms with Gasteiger partial charge in [-0.05, 0) is 6.42 Å². The highest BCUT2D eigenvalue weighted by Crippen LogP contribution is 2.15. The Hall–Kier alpha value is -2.11. The maximum Gasteiger partial charge on any atom is 0.323 e. The van der Waals surface area contributed by atoms with Crippen molar-refractivity contribution in [3.05, 3.63) is 25.0 Å². The van der Waals surface area contributed by atoms with Crippen LogP contribution in [-0.2, 0) is 4.79 Å². The van der Waals surface area contributed by atoms with E-state index >= 15 is 0 Å². The van der Waals surface area contributed by atoms with Gasteiger partial charge in [0, 0.05) is 12.6 Å². The highest BCUT2D eigenvalue weighted by Gasteiger charge is 2.11. The van der Waals surface area contributed by atoms with Gasteiger partial charge >= 0.3 is 5.97 Å². The number of carboxylic acids is 1. The minimum atomic E-state index is -0.925. The zero-order valence-electron chi connectivity index (χ0n) is 10.4. The Morgan fingerprint density at radius 1 is 1.61 bits per heavy atom. The van der Waals surface area contributed by atoms with E-state index < -0.39 is 5.97 Å². The molecule has 0 aromatic carbocycles. The lowest BCUT2D eigenvalue weighted by atomic mass is 10.4. The molecule has 1 N–H and O–H groups in total. The van der Waals surface area contributed by atoms with Gasteiger partial charge in [-0.2, -0.15) is 0 Å². The number of carbonyl (C=O) groups is 1. The molecule has 1 heterocycles. The molecule has 0 radical (unpaired) electrons. The predicted molar refractivity (Wildman–Crippen MR) is 67.9 cm³/mol. The number of hydrogen-bond acceptors (Lipinski definition) is 5. The van der Waals surface area contributed by atoms with Gasteiger partial charge in [0.25, 0.3) is 0 Å². The van der Waals surface area contributed by atoms with Crippen LogP contribution in [0.15, 0.2) is 25.0 Å². The highest BCUT2D eigenvalue weighted by molar-refractivity contribution is 5.73. The van der Waals surface area contributed by atoms with Gasteiger partial charge in [-0.15, -0.1) is 6.58 Å². The Kier molecular flexibility index (Phi) is 5.63. The largest absolute Gasteiger partial charge is 0.480 e. The zero-order chi connectivity index (χ0) is 13.4. The Morgan fingerprint density at radius 2 is 2.39 bits per heavy atom. The summed E-state index contributed by atoms with van der Waals surface area (Å²) in [7, 11) is 0. The average molecular weight is 251 g/mol. The van der Waals surface area contributed by atoms with Crippen molar-refractivity contribution in [3.8, 4) is 5.88 Å². The number of anilines is 1. The van der Waals surface area contributed by atoms with Crippen molar-refractivity contribution in [2.45, 2.75) is 13.3 Å². The van der Waals surface area contributed by atoms with E-state index in [0.29, 0.717) is 24.8 Å². The molecule has 1 rings (SSSR count). The van der Waals surface area contributed by atoms with Gasteiger partial charge in [0.05, 0.1) is 6.61 Å². The van der Waals surface area contributed by atoms with Crippen molar-refractivity contribution < 1.29 is 14.6 Å². The number of hydrogen-bond donors (Lipinski definition) is 1. The number of nitrogens with zero attached hydrogens (tertiary/aromatic N) is 3. The van der Waals surface area contributed by atoms with Gasteiger partial charge in [0.2, 0.25) is 5.88 Å². The molecule has 1 aromatic rings. The summed E-state index contributed by atoms with van der Waals surface area (Å²) in [6, 6.07) is 1.63. The molecule has 0 bridgehead atoms. The van der Waals surface area contributed by atoms with Crippen molar-refractivity contribution in [3.63, 3.8) is 0 Å². The third kappa shape index (κ3) is 4.40. The van der Waals surface area contributed by atoms with E-state index in [2.05, 4.69) is 16.5 Å². The van der Waals surface area contributed by atoms with Crippen LogP contribution < -0.4 is 9.64 Å². The van der Waals surface area contributed by atoms with E-state index in [1.54, 1.807) is 17.0 Å². The first-order chi connectivity index (χ1) is 8.67. The van der Waals surface area contributed by atoms with E-state index in [0.717, 1.165) is 6.42 Å². The fourth-order valence-corrected chi connectivity index (χ4v) is 1.35. The number of aromatic nitrogens is 2. The molecule has 0 aliphatic carbocycles. The molecule has 1 aromatic heterocycles. The van der Waals surface area contributed by atoms with Crippen molar-refractivity contribution in [2.24, 2.45) is 0 Å². The summed E-state index contributed by atoms with van der Waals surface area (Å²) in [5.41, 5.74) is 0. The lowest BCUT2D eigenvalue weighted by Crippen LogP contribution is -2.30. The topological polar surface area (TPSA) is 75.6 Å². The first kappa shape index (κ1) is 14.0. The normalized spacial score (nSPS) is 9.83. The van der Waals surface area contributed by atoms with Gasteiger partial charge in [-0.1, -0.05) is 13.0 Å². The fraction of sp³-hybridized carbons (Fsp3) is 0.417. The Balaban J connectivity index is 2.82. The second-order valence-corrected chi connectivity index (χ2v) is 3.63. The fourth-order valence-electron chi connectivity index (χ4n) is 1.35. The quantitative estimate of drug-likeness (QED) is 0.703. The summed E-state index contributed by atoms with van der Waals surface area (Å²) in [5, 5.41) is 8.83. The van der Waals surface area contributed by atoms with Crippen molar-refractivity contribution in [1.29, 1.82) is 0 Å². The van der Waals surface area contributed by atoms with Crippen LogP contribution in [0.1, 0.15) is 13.3 Å². The minimum Gasteiger partial charge on any atom is -0.480 e. The van der Waals surface area contributed by atoms with Gasteiger partial charge in [0.15, 0.2) is 0 Å². The molecule has 0 fully saturated rings. The van der Waals surface area contributed by atoms with Crippen LogP contribution in [0.25, 0.3) is 0 Å². The summed E-state index contributed by atoms with van der Waals surface area (Å²) in [5.74, 6) is 0.0335. The Labute approximate surface area is 106 Å². The summed E-state index contributed by atoms with van der Waals surface area (Å²) in [6.45, 7) is 6.42. The first-order valence-electron chi connectivity index (χ1n) is 5.69. The van der Waals surface area contributed by atoms with E-state index in [-0.39, 0.29) is 6.54 Å². The molecule has 0 aliphatic heterocycles. The molecule has 0 saturated carbocycles. The van der Waals surface area contributed by atoms with Gasteiger partial charge in [-0.25, -0.2) is 9.97 Å². The summed E-state index contributed by atoms with van der Waals surface area (Å²) >= 11 is 0. The number of ether oxygens (including phenoxy) is 1. The molecule has 0 spiro atoms. The van der Waals surface area contributed by atoms with Crippen molar-refractivity contribution in [1.82, 2.24) is 9.97 Å². The summed E-state index contributed by atoms with van der Waals surface area (Å²) in [6.07, 6.45) is 3.86. The van der Waals surface area contributed by atoms with Gasteiger partial charge < -0.3 is 14.7 Å².